The molecule has 2 heterocycles. The zero-order valence-electron chi connectivity index (χ0n) is 36.4. The molecule has 0 bridgehead atoms. The summed E-state index contributed by atoms with van der Waals surface area (Å²) in [5.74, 6) is 0. The first-order valence-corrected chi connectivity index (χ1v) is 23.8. The Kier molecular flexibility index (Phi) is 7.23. The largest absolute Gasteiger partial charge is 0.256 e. The van der Waals surface area contributed by atoms with Crippen molar-refractivity contribution in [3.63, 3.8) is 0 Å². The molecule has 2 aromatic heterocycles. The van der Waals surface area contributed by atoms with Gasteiger partial charge in [-0.1, -0.05) is 172 Å². The van der Waals surface area contributed by atoms with E-state index in [4.69, 9.17) is 4.98 Å². The first-order chi connectivity index (χ1) is 32.5. The molecule has 0 aliphatic heterocycles. The lowest BCUT2D eigenvalue weighted by Gasteiger charge is -2.22. The Labute approximate surface area is 385 Å². The number of thiophene rings is 1. The number of hydrogen-bond donors (Lipinski definition) is 0. The van der Waals surface area contributed by atoms with Crippen molar-refractivity contribution in [1.29, 1.82) is 0 Å². The Morgan fingerprint density at radius 3 is 1.68 bits per heavy atom. The van der Waals surface area contributed by atoms with Gasteiger partial charge in [-0.2, -0.15) is 0 Å². The van der Waals surface area contributed by atoms with E-state index in [9.17, 15) is 0 Å². The highest BCUT2D eigenvalue weighted by Crippen LogP contribution is 2.53. The van der Waals surface area contributed by atoms with Crippen molar-refractivity contribution < 1.29 is 0 Å². The first-order valence-electron chi connectivity index (χ1n) is 23.0. The standard InChI is InChI=1S/C64H39NS/c1-64(2)56-29-21-36-9-3-4-10-44(36)63(56)51-28-19-39(32-57(51)64)42-23-15-37-18-27-50-43(24-16-38-17-26-49(42)61(37)62(38)50)41-22-30-58(65-35-41)40-20-25-47-52(31-40)45-11-5-6-12-46(45)54-34-60-55(33-53(47)54)48-13-7-8-14-59(48)66-60/h3-35H,1-2H3. The van der Waals surface area contributed by atoms with E-state index in [1.165, 1.54) is 135 Å². The van der Waals surface area contributed by atoms with Gasteiger partial charge in [-0.15, -0.1) is 11.3 Å². The van der Waals surface area contributed by atoms with Gasteiger partial charge in [0.1, 0.15) is 0 Å². The zero-order valence-corrected chi connectivity index (χ0v) is 37.2. The van der Waals surface area contributed by atoms with Crippen LogP contribution in [0.1, 0.15) is 25.0 Å². The van der Waals surface area contributed by atoms with Crippen LogP contribution in [0.2, 0.25) is 0 Å². The summed E-state index contributed by atoms with van der Waals surface area (Å²) >= 11 is 1.88. The molecule has 14 aromatic rings. The SMILES string of the molecule is CC1(C)c2cc(-c3ccc4ccc5c(-c6ccc(-c7ccc8c(c7)c7ccccc7c7cc9sc%10ccccc%10c9cc87)nc6)ccc6ccc3c4c65)ccc2-c2c1ccc1ccccc21. The van der Waals surface area contributed by atoms with Crippen LogP contribution in [0.3, 0.4) is 0 Å². The van der Waals surface area contributed by atoms with Gasteiger partial charge in [0.2, 0.25) is 0 Å². The number of benzene rings is 12. The maximum atomic E-state index is 5.18. The van der Waals surface area contributed by atoms with Gasteiger partial charge in [0.25, 0.3) is 0 Å². The molecule has 1 aliphatic carbocycles. The summed E-state index contributed by atoms with van der Waals surface area (Å²) in [4.78, 5) is 5.18. The van der Waals surface area contributed by atoms with Crippen molar-refractivity contribution in [2.24, 2.45) is 0 Å². The topological polar surface area (TPSA) is 12.9 Å². The van der Waals surface area contributed by atoms with Crippen molar-refractivity contribution in [1.82, 2.24) is 4.98 Å². The van der Waals surface area contributed by atoms with Crippen LogP contribution in [0.15, 0.2) is 200 Å². The third kappa shape index (κ3) is 4.92. The van der Waals surface area contributed by atoms with E-state index in [-0.39, 0.29) is 5.41 Å². The fourth-order valence-corrected chi connectivity index (χ4v) is 13.2. The molecular weight excluding hydrogens is 815 g/mol. The average Bonchev–Trinajstić information content (AvgIpc) is 3.85. The highest BCUT2D eigenvalue weighted by Gasteiger charge is 2.36. The minimum atomic E-state index is -0.0992. The Hall–Kier alpha value is -7.91. The van der Waals surface area contributed by atoms with Crippen molar-refractivity contribution in [3.05, 3.63) is 211 Å². The maximum absolute atomic E-state index is 5.18. The average molecular weight is 854 g/mol. The molecule has 15 rings (SSSR count). The van der Waals surface area contributed by atoms with Crippen molar-refractivity contribution >= 4 is 107 Å². The molecular formula is C64H39NS. The molecule has 12 aromatic carbocycles. The number of hydrogen-bond acceptors (Lipinski definition) is 2. The smallest absolute Gasteiger partial charge is 0.0702 e. The van der Waals surface area contributed by atoms with Crippen LogP contribution in [0.5, 0.6) is 0 Å². The molecule has 0 saturated carbocycles. The normalized spacial score (nSPS) is 13.4. The molecule has 0 radical (unpaired) electrons. The van der Waals surface area contributed by atoms with E-state index >= 15 is 0 Å². The van der Waals surface area contributed by atoms with Gasteiger partial charge in [0.15, 0.2) is 0 Å². The van der Waals surface area contributed by atoms with Gasteiger partial charge in [-0.3, -0.25) is 4.98 Å². The van der Waals surface area contributed by atoms with Gasteiger partial charge in [0.05, 0.1) is 5.69 Å². The van der Waals surface area contributed by atoms with E-state index < -0.39 is 0 Å². The van der Waals surface area contributed by atoms with Crippen LogP contribution in [-0.4, -0.2) is 4.98 Å². The molecule has 0 amide bonds. The predicted molar refractivity (Wildman–Crippen MR) is 285 cm³/mol. The second-order valence-corrected chi connectivity index (χ2v) is 20.1. The van der Waals surface area contributed by atoms with Crippen molar-refractivity contribution in [2.75, 3.05) is 0 Å². The number of rotatable bonds is 3. The minimum Gasteiger partial charge on any atom is -0.256 e. The molecule has 1 nitrogen and oxygen atoms in total. The molecule has 66 heavy (non-hydrogen) atoms. The molecule has 0 unspecified atom stereocenters. The van der Waals surface area contributed by atoms with Gasteiger partial charge in [-0.05, 0) is 151 Å². The molecule has 0 saturated heterocycles. The number of fused-ring (bicyclic) bond motifs is 14. The maximum Gasteiger partial charge on any atom is 0.0702 e. The minimum absolute atomic E-state index is 0.0992. The van der Waals surface area contributed by atoms with E-state index in [1.807, 2.05) is 11.3 Å². The summed E-state index contributed by atoms with van der Waals surface area (Å²) in [6, 6.07) is 73.1. The lowest BCUT2D eigenvalue weighted by atomic mass is 9.81. The summed E-state index contributed by atoms with van der Waals surface area (Å²) < 4.78 is 2.67. The fraction of sp³-hybridized carbons (Fsp3) is 0.0469. The second-order valence-electron chi connectivity index (χ2n) is 19.0. The molecule has 0 N–H and O–H groups in total. The van der Waals surface area contributed by atoms with Crippen LogP contribution < -0.4 is 0 Å². The summed E-state index contributed by atoms with van der Waals surface area (Å²) in [7, 11) is 0. The molecule has 0 atom stereocenters. The Bertz CT molecular complexity index is 4420. The summed E-state index contributed by atoms with van der Waals surface area (Å²) in [5, 5.41) is 20.7. The third-order valence-electron chi connectivity index (χ3n) is 15.2. The predicted octanol–water partition coefficient (Wildman–Crippen LogP) is 18.3. The van der Waals surface area contributed by atoms with Crippen LogP contribution in [-0.2, 0) is 5.41 Å². The van der Waals surface area contributed by atoms with Gasteiger partial charge >= 0.3 is 0 Å². The van der Waals surface area contributed by atoms with Crippen molar-refractivity contribution in [3.8, 4) is 44.6 Å². The molecule has 306 valence electrons. The number of nitrogens with zero attached hydrogens (tertiary/aromatic N) is 1. The summed E-state index contributed by atoms with van der Waals surface area (Å²) in [6.07, 6.45) is 2.07. The molecule has 2 heteroatoms. The van der Waals surface area contributed by atoms with Crippen molar-refractivity contribution in [2.45, 2.75) is 19.3 Å². The van der Waals surface area contributed by atoms with Crippen LogP contribution in [0, 0.1) is 0 Å². The lowest BCUT2D eigenvalue weighted by Crippen LogP contribution is -2.15. The van der Waals surface area contributed by atoms with E-state index in [0.717, 1.165) is 16.8 Å². The summed E-state index contributed by atoms with van der Waals surface area (Å²) in [6.45, 7) is 4.77. The Morgan fingerprint density at radius 2 is 0.924 bits per heavy atom. The lowest BCUT2D eigenvalue weighted by molar-refractivity contribution is 0.661. The number of aromatic nitrogens is 1. The highest BCUT2D eigenvalue weighted by atomic mass is 32.1. The highest BCUT2D eigenvalue weighted by molar-refractivity contribution is 7.25. The molecule has 0 spiro atoms. The summed E-state index contributed by atoms with van der Waals surface area (Å²) in [5.41, 5.74) is 12.4. The zero-order chi connectivity index (χ0) is 43.4. The third-order valence-corrected chi connectivity index (χ3v) is 16.4. The second kappa shape index (κ2) is 13.1. The fourth-order valence-electron chi connectivity index (χ4n) is 12.0. The monoisotopic (exact) mass is 853 g/mol. The Morgan fingerprint density at radius 1 is 0.348 bits per heavy atom. The van der Waals surface area contributed by atoms with Crippen LogP contribution in [0.25, 0.3) is 140 Å². The van der Waals surface area contributed by atoms with Gasteiger partial charge in [0, 0.05) is 42.9 Å². The van der Waals surface area contributed by atoms with Gasteiger partial charge in [-0.25, -0.2) is 0 Å². The number of pyridine rings is 1. The molecule has 0 fully saturated rings. The van der Waals surface area contributed by atoms with Crippen LogP contribution >= 0.6 is 11.3 Å². The first kappa shape index (κ1) is 36.4. The van der Waals surface area contributed by atoms with E-state index in [2.05, 4.69) is 214 Å². The van der Waals surface area contributed by atoms with E-state index in [0.29, 0.717) is 0 Å². The Balaban J connectivity index is 0.835. The molecule has 1 aliphatic rings. The van der Waals surface area contributed by atoms with E-state index in [1.54, 1.807) is 0 Å². The quantitative estimate of drug-likeness (QED) is 0.161. The van der Waals surface area contributed by atoms with Gasteiger partial charge < -0.3 is 0 Å². The van der Waals surface area contributed by atoms with Crippen LogP contribution in [0.4, 0.5) is 0 Å².